The highest BCUT2D eigenvalue weighted by Gasteiger charge is 2.22. The number of anilines is 1. The highest BCUT2D eigenvalue weighted by molar-refractivity contribution is 5.34. The number of nitrogens with zero attached hydrogens (tertiary/aromatic N) is 5. The Kier molecular flexibility index (Phi) is 6.44. The van der Waals surface area contributed by atoms with Gasteiger partial charge in [0.1, 0.15) is 5.82 Å². The van der Waals surface area contributed by atoms with Crippen LogP contribution in [0.4, 0.5) is 5.82 Å². The molecule has 1 unspecified atom stereocenters. The van der Waals surface area contributed by atoms with E-state index in [1.54, 1.807) is 16.8 Å². The van der Waals surface area contributed by atoms with Crippen LogP contribution in [0.15, 0.2) is 29.1 Å². The molecule has 0 bridgehead atoms. The van der Waals surface area contributed by atoms with Crippen molar-refractivity contribution in [3.63, 3.8) is 0 Å². The number of nitrogens with one attached hydrogen (secondary N) is 1. The molecule has 0 aliphatic carbocycles. The second-order valence-corrected chi connectivity index (χ2v) is 8.66. The molecule has 0 radical (unpaired) electrons. The first-order chi connectivity index (χ1) is 13.3. The molecule has 1 atom stereocenters. The summed E-state index contributed by atoms with van der Waals surface area (Å²) in [6, 6.07) is 7.84. The molecule has 2 aromatic rings. The minimum absolute atomic E-state index is 0.00755. The molecule has 1 N–H and O–H groups in total. The van der Waals surface area contributed by atoms with Gasteiger partial charge in [0.2, 0.25) is 0 Å². The van der Waals surface area contributed by atoms with Gasteiger partial charge in [0.05, 0.1) is 17.9 Å². The summed E-state index contributed by atoms with van der Waals surface area (Å²) in [6.07, 6.45) is 3.59. The van der Waals surface area contributed by atoms with Gasteiger partial charge in [0, 0.05) is 30.6 Å². The van der Waals surface area contributed by atoms with Crippen molar-refractivity contribution in [2.45, 2.75) is 65.0 Å². The lowest BCUT2D eigenvalue weighted by Gasteiger charge is -2.35. The molecule has 28 heavy (non-hydrogen) atoms. The highest BCUT2D eigenvalue weighted by Crippen LogP contribution is 2.20. The monoisotopic (exact) mass is 384 g/mol. The molecule has 0 aromatic carbocycles. The SMILES string of the molecule is Cc1ccc(=O)n(CCN2CCCCC2CNc2ccc(C(C)(C)C)nn2)n1. The molecule has 0 amide bonds. The van der Waals surface area contributed by atoms with Gasteiger partial charge in [-0.2, -0.15) is 10.2 Å². The van der Waals surface area contributed by atoms with Crippen molar-refractivity contribution in [3.8, 4) is 0 Å². The van der Waals surface area contributed by atoms with Gasteiger partial charge in [-0.05, 0) is 44.5 Å². The van der Waals surface area contributed by atoms with E-state index >= 15 is 0 Å². The van der Waals surface area contributed by atoms with Crippen molar-refractivity contribution >= 4 is 5.82 Å². The molecule has 7 nitrogen and oxygen atoms in total. The average molecular weight is 385 g/mol. The summed E-state index contributed by atoms with van der Waals surface area (Å²) in [5.74, 6) is 0.815. The van der Waals surface area contributed by atoms with Crippen LogP contribution < -0.4 is 10.9 Å². The van der Waals surface area contributed by atoms with E-state index in [1.807, 2.05) is 19.1 Å². The van der Waals surface area contributed by atoms with Crippen LogP contribution in [0.2, 0.25) is 0 Å². The van der Waals surface area contributed by atoms with E-state index < -0.39 is 0 Å². The number of piperidine rings is 1. The lowest BCUT2D eigenvalue weighted by molar-refractivity contribution is 0.148. The van der Waals surface area contributed by atoms with Gasteiger partial charge >= 0.3 is 0 Å². The van der Waals surface area contributed by atoms with E-state index in [2.05, 4.69) is 46.3 Å². The number of hydrogen-bond acceptors (Lipinski definition) is 6. The number of rotatable bonds is 6. The van der Waals surface area contributed by atoms with Crippen molar-refractivity contribution < 1.29 is 0 Å². The maximum atomic E-state index is 12.0. The minimum Gasteiger partial charge on any atom is -0.367 e. The summed E-state index contributed by atoms with van der Waals surface area (Å²) < 4.78 is 1.57. The highest BCUT2D eigenvalue weighted by atomic mass is 16.1. The Morgan fingerprint density at radius 2 is 1.93 bits per heavy atom. The summed E-state index contributed by atoms with van der Waals surface area (Å²) in [4.78, 5) is 14.5. The minimum atomic E-state index is -0.0357. The van der Waals surface area contributed by atoms with E-state index in [4.69, 9.17) is 0 Å². The zero-order chi connectivity index (χ0) is 20.1. The number of aromatic nitrogens is 4. The lowest BCUT2D eigenvalue weighted by atomic mass is 9.92. The summed E-state index contributed by atoms with van der Waals surface area (Å²) >= 11 is 0. The van der Waals surface area contributed by atoms with Gasteiger partial charge < -0.3 is 5.32 Å². The lowest BCUT2D eigenvalue weighted by Crippen LogP contribution is -2.45. The van der Waals surface area contributed by atoms with Crippen LogP contribution in [0, 0.1) is 6.92 Å². The first-order valence-corrected chi connectivity index (χ1v) is 10.2. The normalized spacial score (nSPS) is 18.2. The van der Waals surface area contributed by atoms with E-state index in [0.717, 1.165) is 43.3 Å². The van der Waals surface area contributed by atoms with Crippen LogP contribution in [0.25, 0.3) is 0 Å². The Hall–Kier alpha value is -2.28. The van der Waals surface area contributed by atoms with Gasteiger partial charge in [-0.3, -0.25) is 9.69 Å². The summed E-state index contributed by atoms with van der Waals surface area (Å²) in [6.45, 7) is 11.7. The molecule has 152 valence electrons. The van der Waals surface area contributed by atoms with Gasteiger partial charge in [-0.1, -0.05) is 27.2 Å². The van der Waals surface area contributed by atoms with Gasteiger partial charge in [0.25, 0.3) is 5.56 Å². The first kappa shape index (κ1) is 20.5. The maximum absolute atomic E-state index is 12.0. The third-order valence-corrected chi connectivity index (χ3v) is 5.30. The second-order valence-electron chi connectivity index (χ2n) is 8.66. The van der Waals surface area contributed by atoms with E-state index in [9.17, 15) is 4.79 Å². The predicted molar refractivity (Wildman–Crippen MR) is 112 cm³/mol. The Labute approximate surface area is 167 Å². The van der Waals surface area contributed by atoms with E-state index in [0.29, 0.717) is 12.6 Å². The Bertz CT molecular complexity index is 824. The second kappa shape index (κ2) is 8.82. The third-order valence-electron chi connectivity index (χ3n) is 5.30. The Balaban J connectivity index is 1.57. The Morgan fingerprint density at radius 1 is 1.11 bits per heavy atom. The zero-order valence-electron chi connectivity index (χ0n) is 17.5. The predicted octanol–water partition coefficient (Wildman–Crippen LogP) is 2.61. The average Bonchev–Trinajstić information content (AvgIpc) is 2.67. The van der Waals surface area contributed by atoms with Crippen molar-refractivity contribution in [1.29, 1.82) is 0 Å². The fraction of sp³-hybridized carbons (Fsp3) is 0.619. The third kappa shape index (κ3) is 5.38. The van der Waals surface area contributed by atoms with Gasteiger partial charge in [0.15, 0.2) is 0 Å². The topological polar surface area (TPSA) is 75.9 Å². The summed E-state index contributed by atoms with van der Waals surface area (Å²) in [7, 11) is 0. The number of aryl methyl sites for hydroxylation is 1. The summed E-state index contributed by atoms with van der Waals surface area (Å²) in [5.41, 5.74) is 1.84. The molecule has 1 fully saturated rings. The molecular formula is C21H32N6O. The number of hydrogen-bond donors (Lipinski definition) is 1. The first-order valence-electron chi connectivity index (χ1n) is 10.2. The number of likely N-dealkylation sites (tertiary alicyclic amines) is 1. The van der Waals surface area contributed by atoms with E-state index in [-0.39, 0.29) is 11.0 Å². The summed E-state index contributed by atoms with van der Waals surface area (Å²) in [5, 5.41) is 16.5. The van der Waals surface area contributed by atoms with Crippen LogP contribution >= 0.6 is 0 Å². The Morgan fingerprint density at radius 3 is 2.64 bits per heavy atom. The maximum Gasteiger partial charge on any atom is 0.266 e. The molecule has 0 saturated carbocycles. The molecule has 0 spiro atoms. The molecule has 7 heteroatoms. The van der Waals surface area contributed by atoms with Crippen molar-refractivity contribution in [2.24, 2.45) is 0 Å². The molecule has 1 saturated heterocycles. The van der Waals surface area contributed by atoms with Crippen LogP contribution in [0.5, 0.6) is 0 Å². The molecule has 3 rings (SSSR count). The standard InChI is InChI=1S/C21H32N6O/c1-16-8-11-20(28)27(25-16)14-13-26-12-6-5-7-17(26)15-22-19-10-9-18(23-24-19)21(2,3)4/h8-11,17H,5-7,12-15H2,1-4H3,(H,22,24). The molecule has 3 heterocycles. The quantitative estimate of drug-likeness (QED) is 0.825. The van der Waals surface area contributed by atoms with Crippen LogP contribution in [-0.2, 0) is 12.0 Å². The van der Waals surface area contributed by atoms with Crippen LogP contribution in [0.1, 0.15) is 51.4 Å². The van der Waals surface area contributed by atoms with Gasteiger partial charge in [-0.25, -0.2) is 4.68 Å². The van der Waals surface area contributed by atoms with Crippen LogP contribution in [-0.4, -0.2) is 50.6 Å². The van der Waals surface area contributed by atoms with Crippen molar-refractivity contribution in [3.05, 3.63) is 46.0 Å². The molecule has 1 aliphatic heterocycles. The fourth-order valence-electron chi connectivity index (χ4n) is 3.57. The fourth-order valence-corrected chi connectivity index (χ4v) is 3.57. The van der Waals surface area contributed by atoms with Crippen molar-refractivity contribution in [2.75, 3.05) is 25.0 Å². The van der Waals surface area contributed by atoms with E-state index in [1.165, 1.54) is 12.8 Å². The van der Waals surface area contributed by atoms with Crippen LogP contribution in [0.3, 0.4) is 0 Å². The molecule has 1 aliphatic rings. The van der Waals surface area contributed by atoms with Crippen molar-refractivity contribution in [1.82, 2.24) is 24.9 Å². The zero-order valence-corrected chi connectivity index (χ0v) is 17.5. The van der Waals surface area contributed by atoms with Gasteiger partial charge in [-0.15, -0.1) is 5.10 Å². The molecular weight excluding hydrogens is 352 g/mol. The molecule has 2 aromatic heterocycles. The largest absolute Gasteiger partial charge is 0.367 e. The smallest absolute Gasteiger partial charge is 0.266 e.